The molecule has 2 heterocycles. The number of likely N-dealkylation sites (tertiary alicyclic amines) is 1. The summed E-state index contributed by atoms with van der Waals surface area (Å²) in [5, 5.41) is 3.38. The molecule has 2 aliphatic rings. The summed E-state index contributed by atoms with van der Waals surface area (Å²) >= 11 is 0. The zero-order valence-corrected chi connectivity index (χ0v) is 13.8. The van der Waals surface area contributed by atoms with Crippen molar-refractivity contribution in [3.05, 3.63) is 0 Å². The summed E-state index contributed by atoms with van der Waals surface area (Å²) in [4.78, 5) is 14.3. The van der Waals surface area contributed by atoms with Crippen LogP contribution >= 0.6 is 0 Å². The first-order valence-corrected chi connectivity index (χ1v) is 8.75. The highest BCUT2D eigenvalue weighted by atomic mass is 16.5. The number of rotatable bonds is 6. The summed E-state index contributed by atoms with van der Waals surface area (Å²) < 4.78 is 5.88. The van der Waals surface area contributed by atoms with Crippen LogP contribution in [0.15, 0.2) is 0 Å². The van der Waals surface area contributed by atoms with E-state index < -0.39 is 0 Å². The van der Waals surface area contributed by atoms with Crippen molar-refractivity contribution >= 4 is 5.91 Å². The second-order valence-corrected chi connectivity index (χ2v) is 7.04. The molecule has 21 heavy (non-hydrogen) atoms. The molecular weight excluding hydrogens is 264 g/mol. The SMILES string of the molecule is CC(C)COC1CCN(C(=O)CCC2CCNCC2)CC1. The van der Waals surface area contributed by atoms with Gasteiger partial charge in [0.15, 0.2) is 0 Å². The molecule has 1 N–H and O–H groups in total. The normalized spacial score (nSPS) is 22.0. The molecule has 0 atom stereocenters. The molecule has 2 saturated heterocycles. The molecule has 122 valence electrons. The predicted octanol–water partition coefficient (Wildman–Crippen LogP) is 2.43. The van der Waals surface area contributed by atoms with Crippen LogP contribution in [0.3, 0.4) is 0 Å². The van der Waals surface area contributed by atoms with E-state index in [4.69, 9.17) is 4.74 Å². The Morgan fingerprint density at radius 2 is 1.86 bits per heavy atom. The van der Waals surface area contributed by atoms with Crippen molar-refractivity contribution in [1.29, 1.82) is 0 Å². The van der Waals surface area contributed by atoms with E-state index in [2.05, 4.69) is 24.1 Å². The third-order valence-corrected chi connectivity index (χ3v) is 4.69. The van der Waals surface area contributed by atoms with E-state index in [9.17, 15) is 4.79 Å². The first kappa shape index (κ1) is 16.8. The van der Waals surface area contributed by atoms with Gasteiger partial charge in [-0.25, -0.2) is 0 Å². The molecule has 0 spiro atoms. The van der Waals surface area contributed by atoms with Gasteiger partial charge in [0, 0.05) is 26.1 Å². The lowest BCUT2D eigenvalue weighted by molar-refractivity contribution is -0.134. The van der Waals surface area contributed by atoms with E-state index in [1.165, 1.54) is 12.8 Å². The van der Waals surface area contributed by atoms with Crippen molar-refractivity contribution in [2.24, 2.45) is 11.8 Å². The fourth-order valence-corrected chi connectivity index (χ4v) is 3.26. The highest BCUT2D eigenvalue weighted by Crippen LogP contribution is 2.20. The average Bonchev–Trinajstić information content (AvgIpc) is 2.52. The Morgan fingerprint density at radius 1 is 1.19 bits per heavy atom. The van der Waals surface area contributed by atoms with Crippen molar-refractivity contribution in [1.82, 2.24) is 10.2 Å². The molecule has 0 aromatic heterocycles. The van der Waals surface area contributed by atoms with Gasteiger partial charge in [-0.3, -0.25) is 4.79 Å². The number of amides is 1. The van der Waals surface area contributed by atoms with Gasteiger partial charge in [-0.05, 0) is 57.0 Å². The van der Waals surface area contributed by atoms with E-state index in [-0.39, 0.29) is 0 Å². The molecule has 2 rings (SSSR count). The number of piperidine rings is 2. The number of hydrogen-bond donors (Lipinski definition) is 1. The van der Waals surface area contributed by atoms with Crippen molar-refractivity contribution in [3.8, 4) is 0 Å². The zero-order valence-electron chi connectivity index (χ0n) is 13.8. The van der Waals surface area contributed by atoms with Crippen molar-refractivity contribution in [3.63, 3.8) is 0 Å². The van der Waals surface area contributed by atoms with Crippen LogP contribution in [0.1, 0.15) is 52.4 Å². The van der Waals surface area contributed by atoms with Crippen molar-refractivity contribution in [2.45, 2.75) is 58.5 Å². The number of nitrogens with zero attached hydrogens (tertiary/aromatic N) is 1. The predicted molar refractivity (Wildman–Crippen MR) is 85.2 cm³/mol. The molecule has 1 amide bonds. The maximum atomic E-state index is 12.3. The van der Waals surface area contributed by atoms with Crippen LogP contribution in [0.4, 0.5) is 0 Å². The molecular formula is C17H32N2O2. The minimum absolute atomic E-state index is 0.357. The van der Waals surface area contributed by atoms with Crippen LogP contribution < -0.4 is 5.32 Å². The molecule has 0 aromatic rings. The number of ether oxygens (including phenoxy) is 1. The number of carbonyl (C=O) groups excluding carboxylic acids is 1. The minimum atomic E-state index is 0.357. The van der Waals surface area contributed by atoms with Crippen LogP contribution in [-0.4, -0.2) is 49.7 Å². The van der Waals surface area contributed by atoms with Crippen molar-refractivity contribution in [2.75, 3.05) is 32.8 Å². The molecule has 4 nitrogen and oxygen atoms in total. The number of carbonyl (C=O) groups is 1. The molecule has 0 aromatic carbocycles. The molecule has 2 fully saturated rings. The Bertz CT molecular complexity index is 306. The summed E-state index contributed by atoms with van der Waals surface area (Å²) in [5.41, 5.74) is 0. The lowest BCUT2D eigenvalue weighted by Gasteiger charge is -2.33. The van der Waals surface area contributed by atoms with E-state index in [1.807, 2.05) is 0 Å². The largest absolute Gasteiger partial charge is 0.378 e. The third kappa shape index (κ3) is 5.95. The monoisotopic (exact) mass is 296 g/mol. The Labute approximate surface area is 129 Å². The summed E-state index contributed by atoms with van der Waals surface area (Å²) in [5.74, 6) is 1.70. The first-order valence-electron chi connectivity index (χ1n) is 8.75. The van der Waals surface area contributed by atoms with E-state index >= 15 is 0 Å². The smallest absolute Gasteiger partial charge is 0.222 e. The number of hydrogen-bond acceptors (Lipinski definition) is 3. The first-order chi connectivity index (χ1) is 10.1. The van der Waals surface area contributed by atoms with Crippen LogP contribution in [0.25, 0.3) is 0 Å². The lowest BCUT2D eigenvalue weighted by Crippen LogP contribution is -2.41. The van der Waals surface area contributed by atoms with Crippen LogP contribution in [-0.2, 0) is 9.53 Å². The molecule has 0 bridgehead atoms. The van der Waals surface area contributed by atoms with Gasteiger partial charge in [0.25, 0.3) is 0 Å². The molecule has 0 saturated carbocycles. The van der Waals surface area contributed by atoms with E-state index in [0.717, 1.165) is 64.4 Å². The molecule has 0 aliphatic carbocycles. The van der Waals surface area contributed by atoms with E-state index in [1.54, 1.807) is 0 Å². The second kappa shape index (κ2) is 8.74. The maximum Gasteiger partial charge on any atom is 0.222 e. The molecule has 2 aliphatic heterocycles. The summed E-state index contributed by atoms with van der Waals surface area (Å²) in [6.45, 7) is 9.21. The number of nitrogens with one attached hydrogen (secondary N) is 1. The molecule has 4 heteroatoms. The highest BCUT2D eigenvalue weighted by Gasteiger charge is 2.24. The van der Waals surface area contributed by atoms with Gasteiger partial charge in [-0.1, -0.05) is 13.8 Å². The van der Waals surface area contributed by atoms with Gasteiger partial charge >= 0.3 is 0 Å². The van der Waals surface area contributed by atoms with E-state index in [0.29, 0.717) is 17.9 Å². The topological polar surface area (TPSA) is 41.6 Å². The summed E-state index contributed by atoms with van der Waals surface area (Å²) in [6, 6.07) is 0. The Balaban J connectivity index is 1.61. The van der Waals surface area contributed by atoms with Crippen LogP contribution in [0.2, 0.25) is 0 Å². The third-order valence-electron chi connectivity index (χ3n) is 4.69. The van der Waals surface area contributed by atoms with Gasteiger partial charge in [-0.15, -0.1) is 0 Å². The van der Waals surface area contributed by atoms with Crippen molar-refractivity contribution < 1.29 is 9.53 Å². The summed E-state index contributed by atoms with van der Waals surface area (Å²) in [7, 11) is 0. The van der Waals surface area contributed by atoms with Gasteiger partial charge in [0.05, 0.1) is 6.10 Å². The second-order valence-electron chi connectivity index (χ2n) is 7.04. The fourth-order valence-electron chi connectivity index (χ4n) is 3.26. The quantitative estimate of drug-likeness (QED) is 0.818. The Hall–Kier alpha value is -0.610. The molecule has 0 unspecified atom stereocenters. The standard InChI is InChI=1S/C17H32N2O2/c1-14(2)13-21-16-7-11-19(12-8-16)17(20)4-3-15-5-9-18-10-6-15/h14-16,18H,3-13H2,1-2H3. The Morgan fingerprint density at radius 3 is 2.48 bits per heavy atom. The zero-order chi connectivity index (χ0) is 15.1. The minimum Gasteiger partial charge on any atom is -0.378 e. The van der Waals surface area contributed by atoms with Gasteiger partial charge < -0.3 is 15.0 Å². The summed E-state index contributed by atoms with van der Waals surface area (Å²) in [6.07, 6.45) is 6.65. The van der Waals surface area contributed by atoms with Crippen LogP contribution in [0, 0.1) is 11.8 Å². The van der Waals surface area contributed by atoms with Crippen LogP contribution in [0.5, 0.6) is 0 Å². The fraction of sp³-hybridized carbons (Fsp3) is 0.941. The van der Waals surface area contributed by atoms with Gasteiger partial charge in [-0.2, -0.15) is 0 Å². The van der Waals surface area contributed by atoms with Gasteiger partial charge in [0.1, 0.15) is 0 Å². The van der Waals surface area contributed by atoms with Gasteiger partial charge in [0.2, 0.25) is 5.91 Å². The highest BCUT2D eigenvalue weighted by molar-refractivity contribution is 5.76. The average molecular weight is 296 g/mol. The molecule has 0 radical (unpaired) electrons. The maximum absolute atomic E-state index is 12.3. The Kier molecular flexibility index (Phi) is 6.97. The lowest BCUT2D eigenvalue weighted by atomic mass is 9.93.